The van der Waals surface area contributed by atoms with Crippen LogP contribution >= 0.6 is 0 Å². The molecular weight excluding hydrogens is 240 g/mol. The maximum Gasteiger partial charge on any atom is 0.228 e. The number of carbonyl (C=O) groups excluding carboxylic acids is 1. The van der Waals surface area contributed by atoms with Crippen LogP contribution in [0.4, 0.5) is 8.78 Å². The number of rotatable bonds is 1. The fourth-order valence-electron chi connectivity index (χ4n) is 2.07. The van der Waals surface area contributed by atoms with Gasteiger partial charge >= 0.3 is 0 Å². The lowest BCUT2D eigenvalue weighted by Crippen LogP contribution is -2.52. The third kappa shape index (κ3) is 2.22. The number of amides is 1. The van der Waals surface area contributed by atoms with Crippen LogP contribution in [0.25, 0.3) is 0 Å². The molecule has 2 rings (SSSR count). The molecule has 98 valence electrons. The average Bonchev–Trinajstić information content (AvgIpc) is 2.24. The first-order valence-corrected chi connectivity index (χ1v) is 5.75. The number of hydrogen-bond donors (Lipinski definition) is 2. The van der Waals surface area contributed by atoms with E-state index < -0.39 is 29.2 Å². The molecule has 0 saturated carbocycles. The number of piperidine rings is 1. The summed E-state index contributed by atoms with van der Waals surface area (Å²) in [6.45, 7) is 3.27. The fraction of sp³-hybridized carbons (Fsp3) is 0.462. The van der Waals surface area contributed by atoms with Crippen molar-refractivity contribution in [3.05, 3.63) is 35.4 Å². The van der Waals surface area contributed by atoms with E-state index in [9.17, 15) is 18.7 Å². The van der Waals surface area contributed by atoms with Crippen LogP contribution in [0.5, 0.6) is 0 Å². The molecule has 1 aromatic carbocycles. The number of carbonyl (C=O) groups is 1. The Morgan fingerprint density at radius 3 is 2.33 bits per heavy atom. The van der Waals surface area contributed by atoms with Crippen molar-refractivity contribution in [1.82, 2.24) is 5.32 Å². The Bertz CT molecular complexity index is 468. The van der Waals surface area contributed by atoms with Crippen LogP contribution in [0, 0.1) is 17.0 Å². The van der Waals surface area contributed by atoms with E-state index in [4.69, 9.17) is 0 Å². The third-order valence-corrected chi connectivity index (χ3v) is 3.47. The molecule has 1 aliphatic rings. The first-order chi connectivity index (χ1) is 8.30. The summed E-state index contributed by atoms with van der Waals surface area (Å²) in [7, 11) is 0. The Labute approximate surface area is 104 Å². The van der Waals surface area contributed by atoms with E-state index in [0.717, 1.165) is 6.07 Å². The van der Waals surface area contributed by atoms with E-state index >= 15 is 0 Å². The number of aliphatic hydroxyl groups excluding tert-OH is 1. The summed E-state index contributed by atoms with van der Waals surface area (Å²) in [5.41, 5.74) is -0.557. The molecule has 2 N–H and O–H groups in total. The second-order valence-electron chi connectivity index (χ2n) is 5.20. The van der Waals surface area contributed by atoms with Crippen LogP contribution in [-0.2, 0) is 4.79 Å². The van der Waals surface area contributed by atoms with Gasteiger partial charge in [0.25, 0.3) is 0 Å². The van der Waals surface area contributed by atoms with Crippen LogP contribution in [0.2, 0.25) is 0 Å². The van der Waals surface area contributed by atoms with Gasteiger partial charge in [0.2, 0.25) is 5.91 Å². The van der Waals surface area contributed by atoms with E-state index in [1.165, 1.54) is 12.1 Å². The largest absolute Gasteiger partial charge is 0.392 e. The highest BCUT2D eigenvalue weighted by atomic mass is 19.1. The van der Waals surface area contributed by atoms with Crippen molar-refractivity contribution in [3.8, 4) is 0 Å². The highest BCUT2D eigenvalue weighted by Crippen LogP contribution is 2.34. The van der Waals surface area contributed by atoms with Crippen molar-refractivity contribution in [3.63, 3.8) is 0 Å². The summed E-state index contributed by atoms with van der Waals surface area (Å²) >= 11 is 0. The van der Waals surface area contributed by atoms with Crippen molar-refractivity contribution in [2.75, 3.05) is 0 Å². The predicted molar refractivity (Wildman–Crippen MR) is 61.6 cm³/mol. The highest BCUT2D eigenvalue weighted by molar-refractivity contribution is 5.83. The number of aliphatic hydroxyl groups is 1. The normalized spacial score (nSPS) is 26.8. The topological polar surface area (TPSA) is 49.3 Å². The van der Waals surface area contributed by atoms with Gasteiger partial charge in [0, 0.05) is 6.07 Å². The second kappa shape index (κ2) is 4.31. The molecule has 0 spiro atoms. The van der Waals surface area contributed by atoms with E-state index in [0.29, 0.717) is 5.56 Å². The van der Waals surface area contributed by atoms with Crippen molar-refractivity contribution in [2.24, 2.45) is 5.41 Å². The summed E-state index contributed by atoms with van der Waals surface area (Å²) in [5, 5.41) is 12.6. The molecule has 1 aromatic rings. The van der Waals surface area contributed by atoms with Crippen LogP contribution in [0.1, 0.15) is 31.9 Å². The molecular formula is C13H15F2NO2. The molecule has 1 aliphatic heterocycles. The summed E-state index contributed by atoms with van der Waals surface area (Å²) < 4.78 is 26.2. The lowest BCUT2D eigenvalue weighted by molar-refractivity contribution is -0.141. The lowest BCUT2D eigenvalue weighted by Gasteiger charge is -2.38. The van der Waals surface area contributed by atoms with Gasteiger partial charge in [-0.1, -0.05) is 0 Å². The molecule has 0 aliphatic carbocycles. The van der Waals surface area contributed by atoms with Crippen LogP contribution in [0.3, 0.4) is 0 Å². The maximum absolute atomic E-state index is 13.1. The van der Waals surface area contributed by atoms with Gasteiger partial charge in [-0.3, -0.25) is 4.79 Å². The molecule has 1 fully saturated rings. The molecule has 1 saturated heterocycles. The smallest absolute Gasteiger partial charge is 0.228 e. The molecule has 1 heterocycles. The van der Waals surface area contributed by atoms with Gasteiger partial charge in [-0.2, -0.15) is 0 Å². The van der Waals surface area contributed by atoms with Gasteiger partial charge in [0.1, 0.15) is 11.6 Å². The van der Waals surface area contributed by atoms with Crippen LogP contribution in [-0.4, -0.2) is 17.1 Å². The van der Waals surface area contributed by atoms with E-state index in [1.54, 1.807) is 13.8 Å². The maximum atomic E-state index is 13.1. The molecule has 5 heteroatoms. The van der Waals surface area contributed by atoms with E-state index in [2.05, 4.69) is 5.32 Å². The van der Waals surface area contributed by atoms with Crippen LogP contribution < -0.4 is 5.32 Å². The molecule has 2 atom stereocenters. The fourth-order valence-corrected chi connectivity index (χ4v) is 2.07. The Morgan fingerprint density at radius 1 is 1.28 bits per heavy atom. The molecule has 3 nitrogen and oxygen atoms in total. The van der Waals surface area contributed by atoms with E-state index in [-0.39, 0.29) is 12.3 Å². The minimum absolute atomic E-state index is 0.238. The number of benzene rings is 1. The van der Waals surface area contributed by atoms with Crippen molar-refractivity contribution >= 4 is 5.91 Å². The second-order valence-corrected chi connectivity index (χ2v) is 5.20. The quantitative estimate of drug-likeness (QED) is 0.805. The molecule has 0 aromatic heterocycles. The highest BCUT2D eigenvalue weighted by Gasteiger charge is 2.42. The van der Waals surface area contributed by atoms with Crippen molar-refractivity contribution in [1.29, 1.82) is 0 Å². The minimum atomic E-state index is -0.887. The Morgan fingerprint density at radius 2 is 1.83 bits per heavy atom. The van der Waals surface area contributed by atoms with Gasteiger partial charge in [-0.15, -0.1) is 0 Å². The average molecular weight is 255 g/mol. The van der Waals surface area contributed by atoms with Crippen molar-refractivity contribution in [2.45, 2.75) is 32.4 Å². The predicted octanol–water partition coefficient (Wildman–Crippen LogP) is 1.91. The monoisotopic (exact) mass is 255 g/mol. The van der Waals surface area contributed by atoms with E-state index in [1.807, 2.05) is 0 Å². The Kier molecular flexibility index (Phi) is 3.11. The summed E-state index contributed by atoms with van der Waals surface area (Å²) in [5.74, 6) is -1.71. The SMILES string of the molecule is CC1(C)C(=O)NC(c2cc(F)cc(F)c2)CC1O. The molecule has 1 amide bonds. The Hall–Kier alpha value is -1.49. The van der Waals surface area contributed by atoms with Gasteiger partial charge in [-0.25, -0.2) is 8.78 Å². The number of hydrogen-bond acceptors (Lipinski definition) is 2. The molecule has 0 radical (unpaired) electrons. The third-order valence-electron chi connectivity index (χ3n) is 3.47. The zero-order valence-corrected chi connectivity index (χ0v) is 10.2. The Balaban J connectivity index is 2.28. The van der Waals surface area contributed by atoms with Crippen molar-refractivity contribution < 1.29 is 18.7 Å². The minimum Gasteiger partial charge on any atom is -0.392 e. The van der Waals surface area contributed by atoms with Gasteiger partial charge in [0.15, 0.2) is 0 Å². The first kappa shape index (κ1) is 13.0. The molecule has 2 unspecified atom stereocenters. The number of nitrogens with one attached hydrogen (secondary N) is 1. The van der Waals surface area contributed by atoms with Gasteiger partial charge in [0.05, 0.1) is 17.6 Å². The first-order valence-electron chi connectivity index (χ1n) is 5.75. The lowest BCUT2D eigenvalue weighted by atomic mass is 9.77. The van der Waals surface area contributed by atoms with Gasteiger partial charge in [-0.05, 0) is 38.0 Å². The summed E-state index contributed by atoms with van der Waals surface area (Å²) in [6.07, 6.45) is -0.607. The summed E-state index contributed by atoms with van der Waals surface area (Å²) in [4.78, 5) is 11.8. The van der Waals surface area contributed by atoms with Gasteiger partial charge < -0.3 is 10.4 Å². The zero-order chi connectivity index (χ0) is 13.5. The molecule has 0 bridgehead atoms. The summed E-state index contributed by atoms with van der Waals surface area (Å²) in [6, 6.07) is 2.54. The van der Waals surface area contributed by atoms with Crippen LogP contribution in [0.15, 0.2) is 18.2 Å². The number of halogens is 2. The standard InChI is InChI=1S/C13H15F2NO2/c1-13(2)11(17)6-10(16-12(13)18)7-3-8(14)5-9(15)4-7/h3-5,10-11,17H,6H2,1-2H3,(H,16,18). The molecule has 18 heavy (non-hydrogen) atoms. The zero-order valence-electron chi connectivity index (χ0n) is 10.2.